The highest BCUT2D eigenvalue weighted by Crippen LogP contribution is 2.21. The third-order valence-corrected chi connectivity index (χ3v) is 4.79. The summed E-state index contributed by atoms with van der Waals surface area (Å²) in [6.07, 6.45) is 5.62. The average molecular weight is 381 g/mol. The number of piperazine rings is 1. The summed E-state index contributed by atoms with van der Waals surface area (Å²) in [5, 5.41) is 4.17. The third-order valence-electron chi connectivity index (χ3n) is 4.79. The van der Waals surface area contributed by atoms with Gasteiger partial charge in [0.2, 0.25) is 5.88 Å². The lowest BCUT2D eigenvalue weighted by Gasteiger charge is -2.35. The van der Waals surface area contributed by atoms with Crippen LogP contribution in [0.25, 0.3) is 5.82 Å². The lowest BCUT2D eigenvalue weighted by Crippen LogP contribution is -2.49. The highest BCUT2D eigenvalue weighted by molar-refractivity contribution is 5.96. The normalized spacial score (nSPS) is 14.4. The lowest BCUT2D eigenvalue weighted by molar-refractivity contribution is 0.0743. The van der Waals surface area contributed by atoms with Gasteiger partial charge >= 0.3 is 0 Å². The zero-order valence-electron chi connectivity index (χ0n) is 16.2. The summed E-state index contributed by atoms with van der Waals surface area (Å²) in [7, 11) is 3.30. The number of carbonyl (C=O) groups is 1. The largest absolute Gasteiger partial charge is 0.479 e. The number of rotatable bonds is 4. The first-order valence-corrected chi connectivity index (χ1v) is 9.16. The van der Waals surface area contributed by atoms with Crippen molar-refractivity contribution >= 4 is 11.7 Å². The maximum absolute atomic E-state index is 12.8. The fourth-order valence-corrected chi connectivity index (χ4v) is 3.39. The molecule has 3 aromatic heterocycles. The zero-order chi connectivity index (χ0) is 19.7. The Morgan fingerprint density at radius 2 is 1.75 bits per heavy atom. The van der Waals surface area contributed by atoms with Gasteiger partial charge in [-0.1, -0.05) is 0 Å². The average Bonchev–Trinajstić information content (AvgIpc) is 3.36. The van der Waals surface area contributed by atoms with E-state index in [1.807, 2.05) is 47.0 Å². The van der Waals surface area contributed by atoms with Crippen LogP contribution in [0.2, 0.25) is 0 Å². The minimum Gasteiger partial charge on any atom is -0.479 e. The molecule has 0 aliphatic carbocycles. The second-order valence-electron chi connectivity index (χ2n) is 6.73. The van der Waals surface area contributed by atoms with Crippen molar-refractivity contribution in [2.45, 2.75) is 6.92 Å². The number of anilines is 1. The van der Waals surface area contributed by atoms with Crippen molar-refractivity contribution in [2.75, 3.05) is 38.2 Å². The minimum absolute atomic E-state index is 0.0588. The Hall–Kier alpha value is -3.36. The van der Waals surface area contributed by atoms with E-state index < -0.39 is 0 Å². The van der Waals surface area contributed by atoms with E-state index in [9.17, 15) is 4.79 Å². The van der Waals surface area contributed by atoms with Crippen LogP contribution in [0.15, 0.2) is 36.8 Å². The van der Waals surface area contributed by atoms with Gasteiger partial charge in [0.15, 0.2) is 0 Å². The molecule has 28 heavy (non-hydrogen) atoms. The summed E-state index contributed by atoms with van der Waals surface area (Å²) in [6.45, 7) is 4.52. The molecule has 1 saturated heterocycles. The molecule has 0 N–H and O–H groups in total. The van der Waals surface area contributed by atoms with Crippen LogP contribution in [-0.2, 0) is 7.05 Å². The highest BCUT2D eigenvalue weighted by Gasteiger charge is 2.27. The van der Waals surface area contributed by atoms with Crippen LogP contribution in [0.3, 0.4) is 0 Å². The molecule has 3 aromatic rings. The number of ether oxygens (including phenoxy) is 1. The molecule has 0 spiro atoms. The number of aromatic nitrogens is 5. The fraction of sp³-hybridized carbons (Fsp3) is 0.368. The summed E-state index contributed by atoms with van der Waals surface area (Å²) in [4.78, 5) is 26.0. The fourth-order valence-electron chi connectivity index (χ4n) is 3.39. The SMILES string of the molecule is COc1nn(C)cc1C(=O)N1CCN(c2cc(-n3cccc3)nc(C)n2)CC1. The van der Waals surface area contributed by atoms with Crippen LogP contribution in [-0.4, -0.2) is 68.4 Å². The molecule has 0 atom stereocenters. The highest BCUT2D eigenvalue weighted by atomic mass is 16.5. The van der Waals surface area contributed by atoms with E-state index in [4.69, 9.17) is 4.74 Å². The first-order valence-electron chi connectivity index (χ1n) is 9.16. The van der Waals surface area contributed by atoms with Crippen molar-refractivity contribution in [2.24, 2.45) is 7.05 Å². The van der Waals surface area contributed by atoms with Crippen LogP contribution in [0.1, 0.15) is 16.2 Å². The van der Waals surface area contributed by atoms with Crippen molar-refractivity contribution in [1.82, 2.24) is 29.2 Å². The Kier molecular flexibility index (Phi) is 4.72. The quantitative estimate of drug-likeness (QED) is 0.677. The lowest BCUT2D eigenvalue weighted by atomic mass is 10.2. The van der Waals surface area contributed by atoms with Crippen LogP contribution in [0.4, 0.5) is 5.82 Å². The molecule has 4 rings (SSSR count). The first kappa shape index (κ1) is 18.0. The van der Waals surface area contributed by atoms with Crippen molar-refractivity contribution in [3.8, 4) is 11.7 Å². The second kappa shape index (κ2) is 7.34. The van der Waals surface area contributed by atoms with Gasteiger partial charge in [0.05, 0.1) is 7.11 Å². The maximum atomic E-state index is 12.8. The molecular weight excluding hydrogens is 358 g/mol. The molecule has 0 aromatic carbocycles. The van der Waals surface area contributed by atoms with E-state index in [0.29, 0.717) is 37.6 Å². The van der Waals surface area contributed by atoms with Crippen molar-refractivity contribution in [1.29, 1.82) is 0 Å². The standard InChI is InChI=1S/C19H23N7O2/c1-14-20-16(24-6-4-5-7-24)12-17(21-14)25-8-10-26(11-9-25)19(27)15-13-23(2)22-18(15)28-3/h4-7,12-13H,8-11H2,1-3H3. The van der Waals surface area contributed by atoms with E-state index in [-0.39, 0.29) is 5.91 Å². The van der Waals surface area contributed by atoms with E-state index >= 15 is 0 Å². The van der Waals surface area contributed by atoms with Crippen LogP contribution in [0.5, 0.6) is 5.88 Å². The Labute approximate surface area is 163 Å². The topological polar surface area (TPSA) is 81.3 Å². The molecule has 1 amide bonds. The van der Waals surface area contributed by atoms with E-state index in [0.717, 1.165) is 17.5 Å². The number of nitrogens with zero attached hydrogens (tertiary/aromatic N) is 7. The smallest absolute Gasteiger partial charge is 0.261 e. The molecule has 146 valence electrons. The van der Waals surface area contributed by atoms with Gasteiger partial charge in [-0.15, -0.1) is 5.10 Å². The molecule has 1 aliphatic rings. The van der Waals surface area contributed by atoms with Crippen LogP contribution < -0.4 is 9.64 Å². The molecule has 1 aliphatic heterocycles. The Balaban J connectivity index is 1.48. The molecule has 9 nitrogen and oxygen atoms in total. The van der Waals surface area contributed by atoms with Crippen molar-refractivity contribution in [3.63, 3.8) is 0 Å². The van der Waals surface area contributed by atoms with Gasteiger partial charge in [0, 0.05) is 57.9 Å². The van der Waals surface area contributed by atoms with Crippen LogP contribution in [0, 0.1) is 6.92 Å². The molecular formula is C19H23N7O2. The van der Waals surface area contributed by atoms with Gasteiger partial charge in [-0.05, 0) is 19.1 Å². The van der Waals surface area contributed by atoms with E-state index in [1.54, 1.807) is 17.9 Å². The summed E-state index contributed by atoms with van der Waals surface area (Å²) >= 11 is 0. The van der Waals surface area contributed by atoms with Gasteiger partial charge < -0.3 is 19.1 Å². The van der Waals surface area contributed by atoms with Gasteiger partial charge in [0.25, 0.3) is 5.91 Å². The Morgan fingerprint density at radius 1 is 1.07 bits per heavy atom. The molecule has 0 radical (unpaired) electrons. The predicted octanol–water partition coefficient (Wildman–Crippen LogP) is 1.28. The van der Waals surface area contributed by atoms with E-state index in [1.165, 1.54) is 7.11 Å². The molecule has 0 unspecified atom stereocenters. The number of carbonyl (C=O) groups excluding carboxylic acids is 1. The Morgan fingerprint density at radius 3 is 2.43 bits per heavy atom. The third kappa shape index (κ3) is 3.42. The number of hydrogen-bond donors (Lipinski definition) is 0. The molecule has 9 heteroatoms. The number of hydrogen-bond acceptors (Lipinski definition) is 6. The Bertz CT molecular complexity index is 972. The summed E-state index contributed by atoms with van der Waals surface area (Å²) in [5.74, 6) is 2.74. The van der Waals surface area contributed by atoms with E-state index in [2.05, 4.69) is 20.0 Å². The summed E-state index contributed by atoms with van der Waals surface area (Å²) in [6, 6.07) is 5.91. The number of methoxy groups -OCH3 is 1. The monoisotopic (exact) mass is 381 g/mol. The van der Waals surface area contributed by atoms with Crippen LogP contribution >= 0.6 is 0 Å². The van der Waals surface area contributed by atoms with Gasteiger partial charge in [-0.25, -0.2) is 9.97 Å². The van der Waals surface area contributed by atoms with Crippen molar-refractivity contribution < 1.29 is 9.53 Å². The summed E-state index contributed by atoms with van der Waals surface area (Å²) < 4.78 is 8.78. The maximum Gasteiger partial charge on any atom is 0.261 e. The molecule has 0 saturated carbocycles. The zero-order valence-corrected chi connectivity index (χ0v) is 16.2. The minimum atomic E-state index is -0.0588. The molecule has 1 fully saturated rings. The molecule has 4 heterocycles. The number of amides is 1. The van der Waals surface area contributed by atoms with Gasteiger partial charge in [0.1, 0.15) is 23.0 Å². The van der Waals surface area contributed by atoms with Gasteiger partial charge in [-0.3, -0.25) is 9.48 Å². The number of aryl methyl sites for hydroxylation is 2. The van der Waals surface area contributed by atoms with Crippen molar-refractivity contribution in [3.05, 3.63) is 48.2 Å². The first-order chi connectivity index (χ1) is 13.5. The van der Waals surface area contributed by atoms with Gasteiger partial charge in [-0.2, -0.15) is 0 Å². The second-order valence-corrected chi connectivity index (χ2v) is 6.73. The predicted molar refractivity (Wildman–Crippen MR) is 104 cm³/mol. The molecule has 0 bridgehead atoms. The summed E-state index contributed by atoms with van der Waals surface area (Å²) in [5.41, 5.74) is 0.492.